The van der Waals surface area contributed by atoms with Crippen molar-refractivity contribution in [2.24, 2.45) is 0 Å². The van der Waals surface area contributed by atoms with Crippen LogP contribution in [0, 0.1) is 0 Å². The molecule has 1 aromatic heterocycles. The molecule has 0 aliphatic rings. The Morgan fingerprint density at radius 2 is 1.85 bits per heavy atom. The standard InChI is InChI=1S/C12H9Cl2F3N4O3S2/c13-7-1-5(12(15,16)17)2-8(14)9(7)21-10(18)6(3-26(23)24)11(19-21)20(25)4-22/h1-2,4,25-26H,3,18H2. The van der Waals surface area contributed by atoms with Gasteiger partial charge in [0.15, 0.2) is 5.82 Å². The lowest BCUT2D eigenvalue weighted by molar-refractivity contribution is -0.137. The number of benzene rings is 1. The second kappa shape index (κ2) is 7.55. The molecule has 14 heteroatoms. The number of carbonyl (C=O) groups is 1. The molecule has 2 N–H and O–H groups in total. The van der Waals surface area contributed by atoms with Crippen LogP contribution in [0.25, 0.3) is 5.69 Å². The van der Waals surface area contributed by atoms with E-state index in [9.17, 15) is 26.4 Å². The van der Waals surface area contributed by atoms with Crippen LogP contribution in [0.4, 0.5) is 24.8 Å². The number of nitrogen functional groups attached to an aromatic ring is 1. The summed E-state index contributed by atoms with van der Waals surface area (Å²) >= 11 is 15.6. The van der Waals surface area contributed by atoms with E-state index in [1.807, 2.05) is 0 Å². The van der Waals surface area contributed by atoms with Gasteiger partial charge in [0, 0.05) is 0 Å². The van der Waals surface area contributed by atoms with Crippen molar-refractivity contribution in [3.63, 3.8) is 0 Å². The van der Waals surface area contributed by atoms with Gasteiger partial charge in [-0.05, 0) is 12.1 Å². The summed E-state index contributed by atoms with van der Waals surface area (Å²) in [6.45, 7) is 0. The van der Waals surface area contributed by atoms with Gasteiger partial charge in [0.2, 0.25) is 6.41 Å². The summed E-state index contributed by atoms with van der Waals surface area (Å²) in [5, 5.41) is 3.05. The summed E-state index contributed by atoms with van der Waals surface area (Å²) < 4.78 is 62.1. The van der Waals surface area contributed by atoms with Crippen molar-refractivity contribution >= 4 is 64.8 Å². The van der Waals surface area contributed by atoms with Gasteiger partial charge in [-0.3, -0.25) is 4.79 Å². The Kier molecular flexibility index (Phi) is 6.00. The lowest BCUT2D eigenvalue weighted by atomic mass is 10.2. The number of aromatic nitrogens is 2. The Hall–Kier alpha value is -1.63. The van der Waals surface area contributed by atoms with E-state index in [1.165, 1.54) is 0 Å². The molecule has 1 heterocycles. The van der Waals surface area contributed by atoms with E-state index in [0.717, 1.165) is 4.68 Å². The fourth-order valence-corrected chi connectivity index (χ4v) is 3.44. The molecule has 7 nitrogen and oxygen atoms in total. The number of nitrogens with two attached hydrogens (primary N) is 1. The highest BCUT2D eigenvalue weighted by Crippen LogP contribution is 2.39. The fraction of sp³-hybridized carbons (Fsp3) is 0.167. The average Bonchev–Trinajstić information content (AvgIpc) is 2.82. The van der Waals surface area contributed by atoms with Crippen LogP contribution in [0.3, 0.4) is 0 Å². The number of rotatable bonds is 5. The Morgan fingerprint density at radius 3 is 2.27 bits per heavy atom. The highest BCUT2D eigenvalue weighted by atomic mass is 35.5. The van der Waals surface area contributed by atoms with E-state index in [-0.39, 0.29) is 29.3 Å². The van der Waals surface area contributed by atoms with Gasteiger partial charge in [-0.1, -0.05) is 36.0 Å². The minimum atomic E-state index is -4.68. The summed E-state index contributed by atoms with van der Waals surface area (Å²) in [7, 11) is -2.96. The first kappa shape index (κ1) is 20.7. The van der Waals surface area contributed by atoms with Gasteiger partial charge >= 0.3 is 6.18 Å². The van der Waals surface area contributed by atoms with Crippen LogP contribution in [0.1, 0.15) is 11.1 Å². The summed E-state index contributed by atoms with van der Waals surface area (Å²) in [4.78, 5) is 10.9. The van der Waals surface area contributed by atoms with Gasteiger partial charge in [-0.15, -0.1) is 5.10 Å². The minimum Gasteiger partial charge on any atom is -0.383 e. The molecule has 26 heavy (non-hydrogen) atoms. The third kappa shape index (κ3) is 4.03. The molecule has 1 aromatic carbocycles. The van der Waals surface area contributed by atoms with Crippen molar-refractivity contribution in [2.45, 2.75) is 11.9 Å². The van der Waals surface area contributed by atoms with Crippen LogP contribution < -0.4 is 10.0 Å². The van der Waals surface area contributed by atoms with E-state index in [2.05, 4.69) is 17.9 Å². The highest BCUT2D eigenvalue weighted by Gasteiger charge is 2.33. The number of hydrogen-bond donors (Lipinski definition) is 3. The number of halogens is 5. The molecule has 0 saturated carbocycles. The molecule has 0 atom stereocenters. The lowest BCUT2D eigenvalue weighted by Gasteiger charge is -2.13. The third-order valence-corrected chi connectivity index (χ3v) is 4.60. The number of alkyl halides is 3. The summed E-state index contributed by atoms with van der Waals surface area (Å²) in [5.74, 6) is -1.09. The molecule has 2 rings (SSSR count). The monoisotopic (exact) mass is 448 g/mol. The number of hydrogen-bond acceptors (Lipinski definition) is 6. The second-order valence-electron chi connectivity index (χ2n) is 4.83. The topological polar surface area (TPSA) is 98.3 Å². The maximum atomic E-state index is 12.8. The van der Waals surface area contributed by atoms with Crippen LogP contribution in [0.15, 0.2) is 12.1 Å². The van der Waals surface area contributed by atoms with Crippen molar-refractivity contribution in [2.75, 3.05) is 10.0 Å². The largest absolute Gasteiger partial charge is 0.416 e. The predicted octanol–water partition coefficient (Wildman–Crippen LogP) is 2.70. The quantitative estimate of drug-likeness (QED) is 0.482. The third-order valence-electron chi connectivity index (χ3n) is 3.16. The van der Waals surface area contributed by atoms with Gasteiger partial charge in [0.1, 0.15) is 22.2 Å². The Balaban J connectivity index is 2.73. The molecule has 2 aromatic rings. The molecule has 0 radical (unpaired) electrons. The van der Waals surface area contributed by atoms with Gasteiger partial charge in [-0.25, -0.2) is 17.4 Å². The van der Waals surface area contributed by atoms with Crippen LogP contribution >= 0.6 is 36.0 Å². The van der Waals surface area contributed by atoms with E-state index in [1.54, 1.807) is 0 Å². The molecular weight excluding hydrogens is 440 g/mol. The predicted molar refractivity (Wildman–Crippen MR) is 94.5 cm³/mol. The van der Waals surface area contributed by atoms with Gasteiger partial charge in [0.25, 0.3) is 0 Å². The van der Waals surface area contributed by atoms with Crippen molar-refractivity contribution in [1.29, 1.82) is 0 Å². The minimum absolute atomic E-state index is 0.0877. The molecule has 0 aliphatic carbocycles. The number of anilines is 2. The molecule has 0 unspecified atom stereocenters. The molecule has 142 valence electrons. The molecular formula is C12H9Cl2F3N4O3S2. The number of thiol groups is 2. The first-order chi connectivity index (χ1) is 12.0. The summed E-state index contributed by atoms with van der Waals surface area (Å²) in [6.07, 6.45) is -4.45. The second-order valence-corrected chi connectivity index (χ2v) is 7.05. The summed E-state index contributed by atoms with van der Waals surface area (Å²) in [5.41, 5.74) is 4.47. The van der Waals surface area contributed by atoms with Crippen molar-refractivity contribution in [3.8, 4) is 5.69 Å². The lowest BCUT2D eigenvalue weighted by Crippen LogP contribution is -2.10. The normalized spacial score (nSPS) is 11.8. The summed E-state index contributed by atoms with van der Waals surface area (Å²) in [6, 6.07) is 1.24. The van der Waals surface area contributed by atoms with Gasteiger partial charge in [0.05, 0.1) is 26.9 Å². The van der Waals surface area contributed by atoms with E-state index in [0.29, 0.717) is 16.4 Å². The first-order valence-corrected chi connectivity index (χ1v) is 8.98. The molecule has 0 bridgehead atoms. The Morgan fingerprint density at radius 1 is 1.31 bits per heavy atom. The zero-order chi connectivity index (χ0) is 19.8. The zero-order valence-corrected chi connectivity index (χ0v) is 15.7. The Labute approximate surface area is 162 Å². The van der Waals surface area contributed by atoms with Crippen molar-refractivity contribution in [3.05, 3.63) is 33.3 Å². The highest BCUT2D eigenvalue weighted by molar-refractivity contribution is 7.82. The number of carbonyl (C=O) groups excluding carboxylic acids is 1. The van der Waals surface area contributed by atoms with E-state index < -0.39 is 38.2 Å². The zero-order valence-electron chi connectivity index (χ0n) is 12.4. The van der Waals surface area contributed by atoms with Gasteiger partial charge < -0.3 is 5.73 Å². The molecule has 0 spiro atoms. The van der Waals surface area contributed by atoms with E-state index >= 15 is 0 Å². The van der Waals surface area contributed by atoms with Crippen molar-refractivity contribution < 1.29 is 26.4 Å². The Bertz CT molecular complexity index is 916. The van der Waals surface area contributed by atoms with Crippen LogP contribution in [0.2, 0.25) is 10.0 Å². The molecule has 0 fully saturated rings. The number of nitrogens with zero attached hydrogens (tertiary/aromatic N) is 3. The smallest absolute Gasteiger partial charge is 0.383 e. The van der Waals surface area contributed by atoms with Crippen LogP contribution in [-0.2, 0) is 27.4 Å². The molecule has 1 amide bonds. The number of amides is 1. The molecule has 0 saturated heterocycles. The molecule has 0 aliphatic heterocycles. The van der Waals surface area contributed by atoms with Crippen molar-refractivity contribution in [1.82, 2.24) is 9.78 Å². The van der Waals surface area contributed by atoms with Crippen LogP contribution in [0.5, 0.6) is 0 Å². The van der Waals surface area contributed by atoms with Crippen LogP contribution in [-0.4, -0.2) is 24.6 Å². The maximum absolute atomic E-state index is 12.8. The fourth-order valence-electron chi connectivity index (χ4n) is 2.07. The SMILES string of the molecule is Nc1c(C[SH](=O)=O)c(N(S)C=O)nn1-c1c(Cl)cc(C(F)(F)F)cc1Cl. The van der Waals surface area contributed by atoms with E-state index in [4.69, 9.17) is 28.9 Å². The first-order valence-electron chi connectivity index (χ1n) is 6.46. The maximum Gasteiger partial charge on any atom is 0.416 e. The average molecular weight is 449 g/mol. The van der Waals surface area contributed by atoms with Gasteiger partial charge in [-0.2, -0.15) is 13.2 Å².